The molecule has 1 aromatic carbocycles. The van der Waals surface area contributed by atoms with E-state index in [1.54, 1.807) is 0 Å². The standard InChI is InChI=1S/C15H13F5N4O/c16-11-2-1-9(5-10(11)13(17)18)23-6-8(21)7-25-15-22-4-3-12(24-15)14(19)20/h1-6,13-14,23H,7,21H2/b8-6-. The zero-order valence-electron chi connectivity index (χ0n) is 12.6. The van der Waals surface area contributed by atoms with Gasteiger partial charge in [-0.2, -0.15) is 4.98 Å². The summed E-state index contributed by atoms with van der Waals surface area (Å²) < 4.78 is 68.5. The molecule has 3 N–H and O–H groups in total. The molecule has 0 aliphatic heterocycles. The van der Waals surface area contributed by atoms with Gasteiger partial charge in [0.1, 0.15) is 18.1 Å². The summed E-state index contributed by atoms with van der Waals surface area (Å²) in [5.74, 6) is -1.02. The summed E-state index contributed by atoms with van der Waals surface area (Å²) in [5, 5.41) is 2.60. The van der Waals surface area contributed by atoms with Gasteiger partial charge in [-0.3, -0.25) is 0 Å². The Morgan fingerprint density at radius 2 is 1.96 bits per heavy atom. The highest BCUT2D eigenvalue weighted by Gasteiger charge is 2.13. The topological polar surface area (TPSA) is 73.1 Å². The van der Waals surface area contributed by atoms with Crippen molar-refractivity contribution in [3.05, 3.63) is 59.4 Å². The smallest absolute Gasteiger partial charge is 0.317 e. The predicted octanol–water partition coefficient (Wildman–Crippen LogP) is 3.78. The molecule has 0 fully saturated rings. The molecule has 0 atom stereocenters. The summed E-state index contributed by atoms with van der Waals surface area (Å²) >= 11 is 0. The monoisotopic (exact) mass is 360 g/mol. The Balaban J connectivity index is 1.96. The van der Waals surface area contributed by atoms with Crippen LogP contribution >= 0.6 is 0 Å². The summed E-state index contributed by atoms with van der Waals surface area (Å²) in [4.78, 5) is 7.15. The van der Waals surface area contributed by atoms with Crippen molar-refractivity contribution in [1.29, 1.82) is 0 Å². The lowest BCUT2D eigenvalue weighted by Crippen LogP contribution is -2.12. The molecule has 0 unspecified atom stereocenters. The number of alkyl halides is 4. The number of nitrogens with two attached hydrogens (primary N) is 1. The fourth-order valence-corrected chi connectivity index (χ4v) is 1.71. The highest BCUT2D eigenvalue weighted by atomic mass is 19.3. The molecule has 0 radical (unpaired) electrons. The first-order valence-electron chi connectivity index (χ1n) is 6.89. The maximum absolute atomic E-state index is 13.2. The number of rotatable bonds is 7. The van der Waals surface area contributed by atoms with Gasteiger partial charge in [0.15, 0.2) is 0 Å². The normalized spacial score (nSPS) is 11.9. The molecular weight excluding hydrogens is 347 g/mol. The Kier molecular flexibility index (Phi) is 6.09. The van der Waals surface area contributed by atoms with E-state index in [1.807, 2.05) is 0 Å². The Hall–Kier alpha value is -2.91. The van der Waals surface area contributed by atoms with E-state index in [9.17, 15) is 22.0 Å². The second-order valence-electron chi connectivity index (χ2n) is 4.75. The van der Waals surface area contributed by atoms with Gasteiger partial charge in [0, 0.05) is 18.1 Å². The van der Waals surface area contributed by atoms with Gasteiger partial charge < -0.3 is 15.8 Å². The van der Waals surface area contributed by atoms with Gasteiger partial charge in [-0.25, -0.2) is 26.9 Å². The van der Waals surface area contributed by atoms with Gasteiger partial charge in [0.25, 0.3) is 12.9 Å². The lowest BCUT2D eigenvalue weighted by molar-refractivity contribution is 0.144. The lowest BCUT2D eigenvalue weighted by atomic mass is 10.2. The minimum Gasteiger partial charge on any atom is -0.457 e. The maximum atomic E-state index is 13.2. The molecule has 2 rings (SSSR count). The van der Waals surface area contributed by atoms with Gasteiger partial charge in [0.05, 0.1) is 11.3 Å². The number of ether oxygens (including phenoxy) is 1. The molecule has 0 saturated carbocycles. The number of anilines is 1. The Bertz CT molecular complexity index is 754. The molecule has 0 amide bonds. The van der Waals surface area contributed by atoms with Gasteiger partial charge >= 0.3 is 6.01 Å². The fourth-order valence-electron chi connectivity index (χ4n) is 1.71. The van der Waals surface area contributed by atoms with Gasteiger partial charge in [-0.1, -0.05) is 0 Å². The van der Waals surface area contributed by atoms with Crippen LogP contribution in [0.1, 0.15) is 24.1 Å². The molecular formula is C15H13F5N4O. The van der Waals surface area contributed by atoms with Crippen molar-refractivity contribution >= 4 is 5.69 Å². The first-order chi connectivity index (χ1) is 11.9. The number of benzene rings is 1. The van der Waals surface area contributed by atoms with Crippen LogP contribution in [0, 0.1) is 5.82 Å². The zero-order chi connectivity index (χ0) is 18.4. The quantitative estimate of drug-likeness (QED) is 0.735. The van der Waals surface area contributed by atoms with Crippen LogP contribution in [0.2, 0.25) is 0 Å². The van der Waals surface area contributed by atoms with Crippen LogP contribution in [0.5, 0.6) is 6.01 Å². The predicted molar refractivity (Wildman–Crippen MR) is 79.7 cm³/mol. The van der Waals surface area contributed by atoms with Crippen LogP contribution in [0.15, 0.2) is 42.4 Å². The first-order valence-corrected chi connectivity index (χ1v) is 6.89. The largest absolute Gasteiger partial charge is 0.457 e. The van der Waals surface area contributed by atoms with Crippen molar-refractivity contribution in [2.75, 3.05) is 11.9 Å². The molecule has 0 saturated heterocycles. The van der Waals surface area contributed by atoms with Crippen molar-refractivity contribution in [3.8, 4) is 6.01 Å². The van der Waals surface area contributed by atoms with Crippen LogP contribution in [0.3, 0.4) is 0 Å². The average Bonchev–Trinajstić information content (AvgIpc) is 2.59. The average molecular weight is 360 g/mol. The molecule has 1 aromatic heterocycles. The molecule has 2 aromatic rings. The molecule has 0 spiro atoms. The second-order valence-corrected chi connectivity index (χ2v) is 4.75. The van der Waals surface area contributed by atoms with E-state index < -0.39 is 29.9 Å². The highest BCUT2D eigenvalue weighted by Crippen LogP contribution is 2.25. The van der Waals surface area contributed by atoms with Crippen molar-refractivity contribution in [2.24, 2.45) is 5.73 Å². The second kappa shape index (κ2) is 8.27. The molecule has 10 heteroatoms. The molecule has 25 heavy (non-hydrogen) atoms. The third-order valence-electron chi connectivity index (χ3n) is 2.90. The van der Waals surface area contributed by atoms with E-state index in [0.29, 0.717) is 0 Å². The van der Waals surface area contributed by atoms with Crippen molar-refractivity contribution in [2.45, 2.75) is 12.9 Å². The maximum Gasteiger partial charge on any atom is 0.317 e. The van der Waals surface area contributed by atoms with E-state index in [0.717, 1.165) is 24.4 Å². The minimum absolute atomic E-state index is 0.106. The summed E-state index contributed by atoms with van der Waals surface area (Å²) in [6.07, 6.45) is -3.36. The van der Waals surface area contributed by atoms with E-state index >= 15 is 0 Å². The molecule has 0 aliphatic carbocycles. The van der Waals surface area contributed by atoms with Crippen molar-refractivity contribution in [3.63, 3.8) is 0 Å². The summed E-state index contributed by atoms with van der Waals surface area (Å²) in [7, 11) is 0. The highest BCUT2D eigenvalue weighted by molar-refractivity contribution is 5.49. The van der Waals surface area contributed by atoms with Crippen molar-refractivity contribution in [1.82, 2.24) is 9.97 Å². The lowest BCUT2D eigenvalue weighted by Gasteiger charge is -2.08. The van der Waals surface area contributed by atoms with Gasteiger partial charge in [-0.15, -0.1) is 0 Å². The van der Waals surface area contributed by atoms with E-state index in [2.05, 4.69) is 15.3 Å². The van der Waals surface area contributed by atoms with Crippen LogP contribution in [-0.4, -0.2) is 16.6 Å². The van der Waals surface area contributed by atoms with Crippen LogP contribution in [-0.2, 0) is 0 Å². The first kappa shape index (κ1) is 18.4. The molecule has 0 bridgehead atoms. The number of nitrogens with one attached hydrogen (secondary N) is 1. The summed E-state index contributed by atoms with van der Waals surface area (Å²) in [5.41, 5.74) is 4.70. The number of hydrogen-bond donors (Lipinski definition) is 2. The molecule has 0 aliphatic rings. The zero-order valence-corrected chi connectivity index (χ0v) is 12.6. The third kappa shape index (κ3) is 5.30. The summed E-state index contributed by atoms with van der Waals surface area (Å²) in [6, 6.07) is 3.86. The Labute approximate surface area is 139 Å². The van der Waals surface area contributed by atoms with E-state index in [-0.39, 0.29) is 24.0 Å². The van der Waals surface area contributed by atoms with E-state index in [1.165, 1.54) is 12.3 Å². The van der Waals surface area contributed by atoms with Gasteiger partial charge in [-0.05, 0) is 24.3 Å². The van der Waals surface area contributed by atoms with Crippen LogP contribution in [0.4, 0.5) is 27.6 Å². The SMILES string of the molecule is N/C(=C\Nc1ccc(F)c(C(F)F)c1)COc1nccc(C(F)F)n1. The van der Waals surface area contributed by atoms with Crippen LogP contribution < -0.4 is 15.8 Å². The summed E-state index contributed by atoms with van der Waals surface area (Å²) in [6.45, 7) is -0.234. The number of hydrogen-bond acceptors (Lipinski definition) is 5. The Morgan fingerprint density at radius 1 is 1.20 bits per heavy atom. The molecule has 134 valence electrons. The number of aromatic nitrogens is 2. The Morgan fingerprint density at radius 3 is 2.64 bits per heavy atom. The molecule has 5 nitrogen and oxygen atoms in total. The fraction of sp³-hybridized carbons (Fsp3) is 0.200. The van der Waals surface area contributed by atoms with Gasteiger partial charge in [0.2, 0.25) is 0 Å². The molecule has 1 heterocycles. The van der Waals surface area contributed by atoms with Crippen LogP contribution in [0.25, 0.3) is 0 Å². The minimum atomic E-state index is -2.95. The van der Waals surface area contributed by atoms with E-state index in [4.69, 9.17) is 10.5 Å². The third-order valence-corrected chi connectivity index (χ3v) is 2.90. The number of halogens is 5. The van der Waals surface area contributed by atoms with Crippen molar-refractivity contribution < 1.29 is 26.7 Å². The number of nitrogens with zero attached hydrogens (tertiary/aromatic N) is 2.